The van der Waals surface area contributed by atoms with Crippen LogP contribution in [0.2, 0.25) is 0 Å². The minimum absolute atomic E-state index is 0.308. The number of amides is 1. The lowest BCUT2D eigenvalue weighted by atomic mass is 10.1. The summed E-state index contributed by atoms with van der Waals surface area (Å²) in [5.74, 6) is -0.308. The third-order valence-corrected chi connectivity index (χ3v) is 4.79. The molecule has 0 aliphatic rings. The third-order valence-electron chi connectivity index (χ3n) is 4.79. The van der Waals surface area contributed by atoms with Crippen LogP contribution in [-0.2, 0) is 0 Å². The third kappa shape index (κ3) is 3.72. The fraction of sp³-hybridized carbons (Fsp3) is 0. The highest BCUT2D eigenvalue weighted by atomic mass is 16.4. The SMILES string of the molecule is O=C(Nc1ccc2oc(=O)ccc2c1)c1cn(-c2ccccc2)nc1-c1cccnc1. The Morgan fingerprint density at radius 3 is 2.65 bits per heavy atom. The van der Waals surface area contributed by atoms with E-state index < -0.39 is 5.63 Å². The molecule has 0 fully saturated rings. The summed E-state index contributed by atoms with van der Waals surface area (Å²) in [6, 6.07) is 21.3. The van der Waals surface area contributed by atoms with E-state index in [1.54, 1.807) is 53.6 Å². The van der Waals surface area contributed by atoms with Gasteiger partial charge in [-0.25, -0.2) is 9.48 Å². The summed E-state index contributed by atoms with van der Waals surface area (Å²) in [5.41, 5.74) is 3.14. The minimum Gasteiger partial charge on any atom is -0.423 e. The molecule has 7 nitrogen and oxygen atoms in total. The summed E-state index contributed by atoms with van der Waals surface area (Å²) in [6.07, 6.45) is 5.05. The van der Waals surface area contributed by atoms with Crippen LogP contribution in [0, 0.1) is 0 Å². The summed E-state index contributed by atoms with van der Waals surface area (Å²) in [4.78, 5) is 28.7. The first-order valence-corrected chi connectivity index (χ1v) is 9.58. The molecule has 0 atom stereocenters. The van der Waals surface area contributed by atoms with Gasteiger partial charge in [-0.05, 0) is 48.5 Å². The van der Waals surface area contributed by atoms with E-state index in [0.29, 0.717) is 27.9 Å². The Kier molecular flexibility index (Phi) is 4.61. The second-order valence-corrected chi connectivity index (χ2v) is 6.87. The number of anilines is 1. The van der Waals surface area contributed by atoms with Crippen LogP contribution in [0.4, 0.5) is 5.69 Å². The number of hydrogen-bond acceptors (Lipinski definition) is 5. The van der Waals surface area contributed by atoms with Gasteiger partial charge in [0.25, 0.3) is 5.91 Å². The number of nitrogens with one attached hydrogen (secondary N) is 1. The minimum atomic E-state index is -0.418. The molecule has 5 rings (SSSR count). The molecular formula is C24H16N4O3. The number of para-hydroxylation sites is 1. The molecule has 0 spiro atoms. The Bertz CT molecular complexity index is 1440. The molecule has 3 heterocycles. The van der Waals surface area contributed by atoms with Crippen LogP contribution in [0.5, 0.6) is 0 Å². The molecule has 3 aromatic heterocycles. The fourth-order valence-corrected chi connectivity index (χ4v) is 3.32. The molecule has 0 saturated heterocycles. The van der Waals surface area contributed by atoms with Crippen molar-refractivity contribution in [3.8, 4) is 16.9 Å². The van der Waals surface area contributed by atoms with Gasteiger partial charge in [0.05, 0.1) is 11.3 Å². The van der Waals surface area contributed by atoms with E-state index in [2.05, 4.69) is 15.4 Å². The molecule has 5 aromatic rings. The van der Waals surface area contributed by atoms with Gasteiger partial charge in [0, 0.05) is 41.3 Å². The van der Waals surface area contributed by atoms with E-state index in [1.807, 2.05) is 36.4 Å². The summed E-state index contributed by atoms with van der Waals surface area (Å²) >= 11 is 0. The Morgan fingerprint density at radius 2 is 1.84 bits per heavy atom. The largest absolute Gasteiger partial charge is 0.423 e. The molecule has 0 aliphatic heterocycles. The number of carbonyl (C=O) groups excluding carboxylic acids is 1. The Morgan fingerprint density at radius 1 is 0.968 bits per heavy atom. The zero-order valence-electron chi connectivity index (χ0n) is 16.2. The highest BCUT2D eigenvalue weighted by molar-refractivity contribution is 6.08. The first-order valence-electron chi connectivity index (χ1n) is 9.58. The van der Waals surface area contributed by atoms with Gasteiger partial charge in [-0.2, -0.15) is 5.10 Å². The molecule has 0 aliphatic carbocycles. The summed E-state index contributed by atoms with van der Waals surface area (Å²) in [7, 11) is 0. The van der Waals surface area contributed by atoms with Crippen LogP contribution >= 0.6 is 0 Å². The second-order valence-electron chi connectivity index (χ2n) is 6.87. The number of rotatable bonds is 4. The second kappa shape index (κ2) is 7.72. The molecule has 150 valence electrons. The van der Waals surface area contributed by atoms with Crippen molar-refractivity contribution in [3.63, 3.8) is 0 Å². The topological polar surface area (TPSA) is 90.0 Å². The maximum absolute atomic E-state index is 13.2. The van der Waals surface area contributed by atoms with Gasteiger partial charge < -0.3 is 9.73 Å². The maximum atomic E-state index is 13.2. The van der Waals surface area contributed by atoms with Gasteiger partial charge in [0.15, 0.2) is 0 Å². The normalized spacial score (nSPS) is 10.8. The van der Waals surface area contributed by atoms with Gasteiger partial charge in [-0.3, -0.25) is 9.78 Å². The number of aromatic nitrogens is 3. The predicted octanol–water partition coefficient (Wildman–Crippen LogP) is 4.29. The molecular weight excluding hydrogens is 392 g/mol. The molecule has 7 heteroatoms. The maximum Gasteiger partial charge on any atom is 0.336 e. The van der Waals surface area contributed by atoms with Gasteiger partial charge in [-0.1, -0.05) is 18.2 Å². The van der Waals surface area contributed by atoms with Crippen LogP contribution in [0.1, 0.15) is 10.4 Å². The van der Waals surface area contributed by atoms with Gasteiger partial charge >= 0.3 is 5.63 Å². The molecule has 0 saturated carbocycles. The Balaban J connectivity index is 1.54. The Hall–Kier alpha value is -4.52. The van der Waals surface area contributed by atoms with Crippen molar-refractivity contribution in [2.75, 3.05) is 5.32 Å². The molecule has 0 unspecified atom stereocenters. The van der Waals surface area contributed by atoms with E-state index in [0.717, 1.165) is 11.3 Å². The van der Waals surface area contributed by atoms with E-state index in [4.69, 9.17) is 4.42 Å². The first-order chi connectivity index (χ1) is 15.2. The van der Waals surface area contributed by atoms with Crippen molar-refractivity contribution < 1.29 is 9.21 Å². The van der Waals surface area contributed by atoms with Gasteiger partial charge in [0.2, 0.25) is 0 Å². The summed E-state index contributed by atoms with van der Waals surface area (Å²) in [5, 5.41) is 8.26. The summed E-state index contributed by atoms with van der Waals surface area (Å²) < 4.78 is 6.82. The van der Waals surface area contributed by atoms with E-state index in [-0.39, 0.29) is 5.91 Å². The highest BCUT2D eigenvalue weighted by Crippen LogP contribution is 2.25. The molecule has 1 amide bonds. The standard InChI is InChI=1S/C24H16N4O3/c29-22-11-8-16-13-18(9-10-21(16)31-22)26-24(30)20-15-28(19-6-2-1-3-7-19)27-23(20)17-5-4-12-25-14-17/h1-15H,(H,26,30). The lowest BCUT2D eigenvalue weighted by Crippen LogP contribution is -2.12. The lowest BCUT2D eigenvalue weighted by molar-refractivity contribution is 0.102. The number of fused-ring (bicyclic) bond motifs is 1. The fourth-order valence-electron chi connectivity index (χ4n) is 3.32. The van der Waals surface area contributed by atoms with Gasteiger partial charge in [0.1, 0.15) is 11.3 Å². The van der Waals surface area contributed by atoms with Crippen molar-refractivity contribution in [1.82, 2.24) is 14.8 Å². The molecule has 31 heavy (non-hydrogen) atoms. The van der Waals surface area contributed by atoms with Crippen LogP contribution in [-0.4, -0.2) is 20.7 Å². The number of carbonyl (C=O) groups is 1. The van der Waals surface area contributed by atoms with Crippen molar-refractivity contribution >= 4 is 22.6 Å². The first kappa shape index (κ1) is 18.5. The van der Waals surface area contributed by atoms with E-state index >= 15 is 0 Å². The van der Waals surface area contributed by atoms with E-state index in [9.17, 15) is 9.59 Å². The van der Waals surface area contributed by atoms with Crippen molar-refractivity contribution in [2.45, 2.75) is 0 Å². The summed E-state index contributed by atoms with van der Waals surface area (Å²) in [6.45, 7) is 0. The van der Waals surface area contributed by atoms with Crippen LogP contribution in [0.15, 0.2) is 101 Å². The zero-order valence-corrected chi connectivity index (χ0v) is 16.2. The average Bonchev–Trinajstić information content (AvgIpc) is 3.26. The quantitative estimate of drug-likeness (QED) is 0.448. The number of benzene rings is 2. The van der Waals surface area contributed by atoms with Crippen LogP contribution in [0.3, 0.4) is 0 Å². The monoisotopic (exact) mass is 408 g/mol. The predicted molar refractivity (Wildman–Crippen MR) is 117 cm³/mol. The van der Waals surface area contributed by atoms with Gasteiger partial charge in [-0.15, -0.1) is 0 Å². The smallest absolute Gasteiger partial charge is 0.336 e. The number of hydrogen-bond donors (Lipinski definition) is 1. The zero-order chi connectivity index (χ0) is 21.2. The molecule has 0 radical (unpaired) electrons. The highest BCUT2D eigenvalue weighted by Gasteiger charge is 2.19. The molecule has 0 bridgehead atoms. The van der Waals surface area contributed by atoms with Crippen molar-refractivity contribution in [2.24, 2.45) is 0 Å². The van der Waals surface area contributed by atoms with Crippen LogP contribution < -0.4 is 10.9 Å². The number of pyridine rings is 1. The molecule has 2 aromatic carbocycles. The van der Waals surface area contributed by atoms with Crippen molar-refractivity contribution in [3.05, 3.63) is 107 Å². The molecule has 1 N–H and O–H groups in total. The average molecular weight is 408 g/mol. The van der Waals surface area contributed by atoms with Crippen LogP contribution in [0.25, 0.3) is 27.9 Å². The number of nitrogens with zero attached hydrogens (tertiary/aromatic N) is 3. The van der Waals surface area contributed by atoms with Crippen molar-refractivity contribution in [1.29, 1.82) is 0 Å². The van der Waals surface area contributed by atoms with E-state index in [1.165, 1.54) is 6.07 Å². The Labute approximate surface area is 176 Å². The lowest BCUT2D eigenvalue weighted by Gasteiger charge is -2.06.